The molecule has 0 fully saturated rings. The third-order valence-corrected chi connectivity index (χ3v) is 5.27. The van der Waals surface area contributed by atoms with Gasteiger partial charge in [0.05, 0.1) is 5.52 Å². The van der Waals surface area contributed by atoms with Crippen LogP contribution in [0.1, 0.15) is 24.0 Å². The molecule has 0 amide bonds. The number of benzene rings is 3. The number of hydrogen-bond donors (Lipinski definition) is 0. The van der Waals surface area contributed by atoms with Crippen molar-refractivity contribution in [3.05, 3.63) is 101 Å². The topological polar surface area (TPSA) is 4.93 Å². The quantitative estimate of drug-likeness (QED) is 0.364. The fourth-order valence-electron chi connectivity index (χ4n) is 3.46. The zero-order valence-corrected chi connectivity index (χ0v) is 15.8. The number of fused-ring (bicyclic) bond motifs is 1. The van der Waals surface area contributed by atoms with Crippen LogP contribution in [0.2, 0.25) is 0 Å². The fourth-order valence-corrected chi connectivity index (χ4v) is 3.83. The maximum absolute atomic E-state index is 3.63. The third kappa shape index (κ3) is 3.27. The lowest BCUT2D eigenvalue weighted by Gasteiger charge is -2.11. The van der Waals surface area contributed by atoms with Crippen molar-refractivity contribution in [3.63, 3.8) is 0 Å². The minimum atomic E-state index is 0.481. The SMILES string of the molecule is CC(Cc1cn(-c2ccccc2)c2ccc(Br)cc12)c1ccccc1. The van der Waals surface area contributed by atoms with E-state index in [0.29, 0.717) is 5.92 Å². The van der Waals surface area contributed by atoms with Crippen LogP contribution >= 0.6 is 15.9 Å². The maximum Gasteiger partial charge on any atom is 0.0532 e. The van der Waals surface area contributed by atoms with Gasteiger partial charge in [-0.1, -0.05) is 71.4 Å². The molecule has 0 saturated heterocycles. The molecule has 1 nitrogen and oxygen atoms in total. The number of nitrogens with zero attached hydrogens (tertiary/aromatic N) is 1. The molecular formula is C23H20BrN. The minimum absolute atomic E-state index is 0.481. The van der Waals surface area contributed by atoms with Crippen LogP contribution in [0.15, 0.2) is 89.5 Å². The predicted molar refractivity (Wildman–Crippen MR) is 110 cm³/mol. The molecule has 4 aromatic rings. The van der Waals surface area contributed by atoms with E-state index in [0.717, 1.165) is 10.9 Å². The van der Waals surface area contributed by atoms with Crippen molar-refractivity contribution in [1.29, 1.82) is 0 Å². The van der Waals surface area contributed by atoms with Crippen molar-refractivity contribution in [3.8, 4) is 5.69 Å². The molecule has 1 unspecified atom stereocenters. The second-order valence-corrected chi connectivity index (χ2v) is 7.45. The van der Waals surface area contributed by atoms with Crippen molar-refractivity contribution < 1.29 is 0 Å². The summed E-state index contributed by atoms with van der Waals surface area (Å²) in [4.78, 5) is 0. The van der Waals surface area contributed by atoms with Gasteiger partial charge in [-0.3, -0.25) is 0 Å². The molecule has 0 radical (unpaired) electrons. The summed E-state index contributed by atoms with van der Waals surface area (Å²) in [6, 6.07) is 27.9. The number of rotatable bonds is 4. The van der Waals surface area contributed by atoms with Crippen LogP contribution in [0.3, 0.4) is 0 Å². The molecule has 0 bridgehead atoms. The Hall–Kier alpha value is -2.32. The molecule has 1 aromatic heterocycles. The Balaban J connectivity index is 1.80. The van der Waals surface area contributed by atoms with Gasteiger partial charge in [0.1, 0.15) is 0 Å². The third-order valence-electron chi connectivity index (χ3n) is 4.78. The largest absolute Gasteiger partial charge is 0.316 e. The van der Waals surface area contributed by atoms with E-state index in [1.54, 1.807) is 0 Å². The van der Waals surface area contributed by atoms with Gasteiger partial charge < -0.3 is 4.57 Å². The van der Waals surface area contributed by atoms with E-state index in [9.17, 15) is 0 Å². The number of aromatic nitrogens is 1. The van der Waals surface area contributed by atoms with E-state index in [-0.39, 0.29) is 0 Å². The Bertz CT molecular complexity index is 987. The lowest BCUT2D eigenvalue weighted by molar-refractivity contribution is 0.761. The van der Waals surface area contributed by atoms with E-state index in [1.165, 1.54) is 27.7 Å². The van der Waals surface area contributed by atoms with Crippen LogP contribution in [0, 0.1) is 0 Å². The van der Waals surface area contributed by atoms with Crippen molar-refractivity contribution in [2.24, 2.45) is 0 Å². The molecule has 0 aliphatic rings. The zero-order valence-electron chi connectivity index (χ0n) is 14.2. The molecule has 4 rings (SSSR count). The highest BCUT2D eigenvalue weighted by Crippen LogP contribution is 2.31. The summed E-state index contributed by atoms with van der Waals surface area (Å²) in [5, 5.41) is 1.32. The molecule has 25 heavy (non-hydrogen) atoms. The first-order valence-electron chi connectivity index (χ1n) is 8.62. The summed E-state index contributed by atoms with van der Waals surface area (Å²) in [5.41, 5.74) is 5.23. The lowest BCUT2D eigenvalue weighted by Crippen LogP contribution is -1.97. The summed E-state index contributed by atoms with van der Waals surface area (Å²) < 4.78 is 3.42. The smallest absolute Gasteiger partial charge is 0.0532 e. The summed E-state index contributed by atoms with van der Waals surface area (Å²) in [6.07, 6.45) is 3.32. The van der Waals surface area contributed by atoms with Crippen molar-refractivity contribution in [2.45, 2.75) is 19.3 Å². The molecule has 0 N–H and O–H groups in total. The van der Waals surface area contributed by atoms with Gasteiger partial charge in [-0.2, -0.15) is 0 Å². The van der Waals surface area contributed by atoms with Gasteiger partial charge in [-0.15, -0.1) is 0 Å². The van der Waals surface area contributed by atoms with Crippen LogP contribution in [-0.2, 0) is 6.42 Å². The molecule has 2 heteroatoms. The molecule has 1 atom stereocenters. The van der Waals surface area contributed by atoms with E-state index < -0.39 is 0 Å². The minimum Gasteiger partial charge on any atom is -0.316 e. The molecule has 1 heterocycles. The average molecular weight is 390 g/mol. The monoisotopic (exact) mass is 389 g/mol. The van der Waals surface area contributed by atoms with Gasteiger partial charge in [-0.25, -0.2) is 0 Å². The van der Waals surface area contributed by atoms with Crippen LogP contribution in [-0.4, -0.2) is 4.57 Å². The lowest BCUT2D eigenvalue weighted by atomic mass is 9.94. The van der Waals surface area contributed by atoms with E-state index in [4.69, 9.17) is 0 Å². The second-order valence-electron chi connectivity index (χ2n) is 6.54. The highest BCUT2D eigenvalue weighted by Gasteiger charge is 2.14. The fraction of sp³-hybridized carbons (Fsp3) is 0.130. The van der Waals surface area contributed by atoms with Gasteiger partial charge in [0.2, 0.25) is 0 Å². The molecule has 0 aliphatic heterocycles. The first-order valence-corrected chi connectivity index (χ1v) is 9.41. The molecule has 0 spiro atoms. The average Bonchev–Trinajstić information content (AvgIpc) is 3.01. The molecular weight excluding hydrogens is 370 g/mol. The molecule has 0 saturated carbocycles. The Morgan fingerprint density at radius 1 is 0.880 bits per heavy atom. The number of para-hydroxylation sites is 1. The first-order chi connectivity index (χ1) is 12.2. The maximum atomic E-state index is 3.63. The summed E-state index contributed by atoms with van der Waals surface area (Å²) in [5.74, 6) is 0.481. The van der Waals surface area contributed by atoms with Gasteiger partial charge in [0.25, 0.3) is 0 Å². The first kappa shape index (κ1) is 16.2. The van der Waals surface area contributed by atoms with Crippen molar-refractivity contribution >= 4 is 26.8 Å². The summed E-state index contributed by atoms with van der Waals surface area (Å²) >= 11 is 3.63. The van der Waals surface area contributed by atoms with Crippen LogP contribution < -0.4 is 0 Å². The van der Waals surface area contributed by atoms with Gasteiger partial charge >= 0.3 is 0 Å². The number of hydrogen-bond acceptors (Lipinski definition) is 0. The van der Waals surface area contributed by atoms with Crippen LogP contribution in [0.5, 0.6) is 0 Å². The standard InChI is InChI=1S/C23H20BrN/c1-17(18-8-4-2-5-9-18)14-19-16-25(21-10-6-3-7-11-21)23-13-12-20(24)15-22(19)23/h2-13,15-17H,14H2,1H3. The highest BCUT2D eigenvalue weighted by molar-refractivity contribution is 9.10. The van der Waals surface area contributed by atoms with Gasteiger partial charge in [0.15, 0.2) is 0 Å². The van der Waals surface area contributed by atoms with Gasteiger partial charge in [-0.05, 0) is 53.8 Å². The summed E-state index contributed by atoms with van der Waals surface area (Å²) in [7, 11) is 0. The Labute approximate surface area is 157 Å². The summed E-state index contributed by atoms with van der Waals surface area (Å²) in [6.45, 7) is 2.30. The number of halogens is 1. The Morgan fingerprint density at radius 2 is 1.56 bits per heavy atom. The zero-order chi connectivity index (χ0) is 17.2. The predicted octanol–water partition coefficient (Wildman–Crippen LogP) is 6.74. The van der Waals surface area contributed by atoms with Crippen molar-refractivity contribution in [1.82, 2.24) is 4.57 Å². The normalized spacial score (nSPS) is 12.4. The molecule has 124 valence electrons. The van der Waals surface area contributed by atoms with Crippen molar-refractivity contribution in [2.75, 3.05) is 0 Å². The highest BCUT2D eigenvalue weighted by atomic mass is 79.9. The molecule has 3 aromatic carbocycles. The van der Waals surface area contributed by atoms with Crippen LogP contribution in [0.4, 0.5) is 0 Å². The van der Waals surface area contributed by atoms with E-state index in [1.807, 2.05) is 0 Å². The van der Waals surface area contributed by atoms with E-state index >= 15 is 0 Å². The second kappa shape index (κ2) is 6.89. The van der Waals surface area contributed by atoms with Gasteiger partial charge in [0, 0.05) is 21.7 Å². The van der Waals surface area contributed by atoms with Crippen LogP contribution in [0.25, 0.3) is 16.6 Å². The van der Waals surface area contributed by atoms with E-state index in [2.05, 4.69) is 112 Å². The Morgan fingerprint density at radius 3 is 2.28 bits per heavy atom. The molecule has 0 aliphatic carbocycles. The Kier molecular flexibility index (Phi) is 4.46.